The summed E-state index contributed by atoms with van der Waals surface area (Å²) in [5, 5.41) is 12.2. The van der Waals surface area contributed by atoms with Crippen molar-refractivity contribution in [3.63, 3.8) is 0 Å². The van der Waals surface area contributed by atoms with Crippen LogP contribution in [0, 0.1) is 6.92 Å². The molecule has 0 aliphatic carbocycles. The summed E-state index contributed by atoms with van der Waals surface area (Å²) in [7, 11) is 0. The van der Waals surface area contributed by atoms with Crippen LogP contribution in [0.15, 0.2) is 84.3 Å². The molecule has 0 fully saturated rings. The molecule has 1 atom stereocenters. The van der Waals surface area contributed by atoms with E-state index in [1.807, 2.05) is 66.1 Å². The molecule has 31 heavy (non-hydrogen) atoms. The van der Waals surface area contributed by atoms with Crippen molar-refractivity contribution in [3.8, 4) is 17.1 Å². The number of benzene rings is 2. The maximum atomic E-state index is 12.7. The van der Waals surface area contributed by atoms with Crippen molar-refractivity contribution in [1.82, 2.24) is 25.1 Å². The van der Waals surface area contributed by atoms with Crippen molar-refractivity contribution in [2.75, 3.05) is 0 Å². The Morgan fingerprint density at radius 3 is 2.42 bits per heavy atom. The predicted molar refractivity (Wildman–Crippen MR) is 123 cm³/mol. The van der Waals surface area contributed by atoms with Gasteiger partial charge in [-0.25, -0.2) is 0 Å². The topological polar surface area (TPSA) is 72.7 Å². The van der Waals surface area contributed by atoms with Crippen molar-refractivity contribution >= 4 is 17.7 Å². The molecule has 2 aromatic carbocycles. The average molecular weight is 430 g/mol. The molecule has 2 aromatic heterocycles. The first-order chi connectivity index (χ1) is 15.1. The average Bonchev–Trinajstić information content (AvgIpc) is 3.22. The Balaban J connectivity index is 1.58. The second kappa shape index (κ2) is 9.57. The lowest BCUT2D eigenvalue weighted by Gasteiger charge is -2.14. The number of pyridine rings is 1. The number of aromatic nitrogens is 4. The fraction of sp³-hybridized carbons (Fsp3) is 0.167. The third kappa shape index (κ3) is 5.00. The van der Waals surface area contributed by atoms with E-state index in [4.69, 9.17) is 0 Å². The van der Waals surface area contributed by atoms with Gasteiger partial charge in [-0.2, -0.15) is 0 Å². The molecule has 1 unspecified atom stereocenters. The summed E-state index contributed by atoms with van der Waals surface area (Å²) < 4.78 is 1.99. The molecule has 0 spiro atoms. The van der Waals surface area contributed by atoms with E-state index < -0.39 is 0 Å². The molecule has 7 heteroatoms. The number of carbonyl (C=O) groups is 1. The zero-order valence-corrected chi connectivity index (χ0v) is 18.2. The van der Waals surface area contributed by atoms with Crippen LogP contribution in [0.25, 0.3) is 17.1 Å². The molecule has 0 aliphatic heterocycles. The molecule has 0 bridgehead atoms. The monoisotopic (exact) mass is 429 g/mol. The first-order valence-corrected chi connectivity index (χ1v) is 10.9. The molecule has 0 aliphatic rings. The lowest BCUT2D eigenvalue weighted by atomic mass is 10.2. The van der Waals surface area contributed by atoms with E-state index in [1.54, 1.807) is 12.4 Å². The number of nitrogens with zero attached hydrogens (tertiary/aromatic N) is 4. The van der Waals surface area contributed by atoms with Crippen LogP contribution in [0.3, 0.4) is 0 Å². The quantitative estimate of drug-likeness (QED) is 0.440. The number of thioether (sulfide) groups is 1. The van der Waals surface area contributed by atoms with Gasteiger partial charge in [0.05, 0.1) is 5.25 Å². The van der Waals surface area contributed by atoms with Gasteiger partial charge in [-0.15, -0.1) is 10.2 Å². The van der Waals surface area contributed by atoms with E-state index in [0.29, 0.717) is 17.5 Å². The summed E-state index contributed by atoms with van der Waals surface area (Å²) in [5.41, 5.74) is 4.10. The van der Waals surface area contributed by atoms with Crippen molar-refractivity contribution in [2.24, 2.45) is 0 Å². The highest BCUT2D eigenvalue weighted by Crippen LogP contribution is 2.30. The summed E-state index contributed by atoms with van der Waals surface area (Å²) in [6.07, 6.45) is 3.46. The minimum absolute atomic E-state index is 0.0437. The Morgan fingerprint density at radius 1 is 1.00 bits per heavy atom. The van der Waals surface area contributed by atoms with Gasteiger partial charge in [0.25, 0.3) is 0 Å². The van der Waals surface area contributed by atoms with Crippen LogP contribution in [0.4, 0.5) is 0 Å². The van der Waals surface area contributed by atoms with Gasteiger partial charge in [-0.05, 0) is 43.7 Å². The van der Waals surface area contributed by atoms with Gasteiger partial charge in [-0.3, -0.25) is 14.3 Å². The third-order valence-corrected chi connectivity index (χ3v) is 5.87. The van der Waals surface area contributed by atoms with E-state index >= 15 is 0 Å². The first-order valence-electron chi connectivity index (χ1n) is 10.0. The van der Waals surface area contributed by atoms with Crippen LogP contribution < -0.4 is 5.32 Å². The van der Waals surface area contributed by atoms with Crippen LogP contribution >= 0.6 is 11.8 Å². The fourth-order valence-electron chi connectivity index (χ4n) is 3.10. The van der Waals surface area contributed by atoms with Crippen molar-refractivity contribution < 1.29 is 4.79 Å². The molecule has 4 aromatic rings. The van der Waals surface area contributed by atoms with Crippen molar-refractivity contribution in [2.45, 2.75) is 30.8 Å². The van der Waals surface area contributed by atoms with Gasteiger partial charge in [-0.1, -0.05) is 59.8 Å². The van der Waals surface area contributed by atoms with Crippen LogP contribution in [0.2, 0.25) is 0 Å². The molecule has 4 rings (SSSR count). The summed E-state index contributed by atoms with van der Waals surface area (Å²) in [6.45, 7) is 4.43. The van der Waals surface area contributed by atoms with E-state index in [-0.39, 0.29) is 11.2 Å². The van der Waals surface area contributed by atoms with E-state index in [2.05, 4.69) is 39.6 Å². The largest absolute Gasteiger partial charge is 0.351 e. The molecule has 2 heterocycles. The lowest BCUT2D eigenvalue weighted by Crippen LogP contribution is -2.30. The van der Waals surface area contributed by atoms with Gasteiger partial charge in [0, 0.05) is 30.2 Å². The first kappa shape index (κ1) is 20.8. The highest BCUT2D eigenvalue weighted by atomic mass is 32.2. The van der Waals surface area contributed by atoms with Crippen molar-refractivity contribution in [1.29, 1.82) is 0 Å². The highest BCUT2D eigenvalue weighted by molar-refractivity contribution is 8.00. The van der Waals surface area contributed by atoms with Crippen LogP contribution in [-0.4, -0.2) is 30.9 Å². The number of hydrogen-bond acceptors (Lipinski definition) is 5. The van der Waals surface area contributed by atoms with Gasteiger partial charge in [0.2, 0.25) is 5.91 Å². The molecule has 1 amide bonds. The Morgan fingerprint density at radius 2 is 1.71 bits per heavy atom. The molecule has 0 saturated carbocycles. The molecular formula is C24H23N5OS. The smallest absolute Gasteiger partial charge is 0.233 e. The molecule has 6 nitrogen and oxygen atoms in total. The van der Waals surface area contributed by atoms with Crippen LogP contribution in [-0.2, 0) is 11.3 Å². The molecule has 0 radical (unpaired) electrons. The number of amides is 1. The standard InChI is InChI=1S/C24H23N5OS/c1-17-8-10-21(11-9-17)29-22(20-12-14-25-15-13-20)27-28-24(29)31-18(2)23(30)26-16-19-6-4-3-5-7-19/h3-15,18H,16H2,1-2H3,(H,26,30). The normalized spacial score (nSPS) is 11.8. The zero-order valence-electron chi connectivity index (χ0n) is 17.4. The van der Waals surface area contributed by atoms with Gasteiger partial charge < -0.3 is 5.32 Å². The minimum Gasteiger partial charge on any atom is -0.351 e. The molecule has 156 valence electrons. The van der Waals surface area contributed by atoms with Gasteiger partial charge in [0.1, 0.15) is 0 Å². The van der Waals surface area contributed by atoms with E-state index in [1.165, 1.54) is 17.3 Å². The lowest BCUT2D eigenvalue weighted by molar-refractivity contribution is -0.120. The third-order valence-electron chi connectivity index (χ3n) is 4.83. The Hall–Kier alpha value is -3.45. The SMILES string of the molecule is Cc1ccc(-n2c(SC(C)C(=O)NCc3ccccc3)nnc2-c2ccncc2)cc1. The second-order valence-corrected chi connectivity index (χ2v) is 8.48. The van der Waals surface area contributed by atoms with Crippen LogP contribution in [0.1, 0.15) is 18.1 Å². The van der Waals surface area contributed by atoms with E-state index in [9.17, 15) is 4.79 Å². The highest BCUT2D eigenvalue weighted by Gasteiger charge is 2.21. The van der Waals surface area contributed by atoms with Gasteiger partial charge in [0.15, 0.2) is 11.0 Å². The van der Waals surface area contributed by atoms with Crippen molar-refractivity contribution in [3.05, 3.63) is 90.3 Å². The van der Waals surface area contributed by atoms with E-state index in [0.717, 1.165) is 16.8 Å². The number of carbonyl (C=O) groups excluding carboxylic acids is 1. The molecule has 0 saturated heterocycles. The summed E-state index contributed by atoms with van der Waals surface area (Å²) >= 11 is 1.39. The summed E-state index contributed by atoms with van der Waals surface area (Å²) in [5.74, 6) is 0.670. The molecule has 1 N–H and O–H groups in total. The molecular weight excluding hydrogens is 406 g/mol. The maximum Gasteiger partial charge on any atom is 0.233 e. The second-order valence-electron chi connectivity index (χ2n) is 7.18. The van der Waals surface area contributed by atoms with Crippen LogP contribution in [0.5, 0.6) is 0 Å². The minimum atomic E-state index is -0.331. The fourth-order valence-corrected chi connectivity index (χ4v) is 3.99. The maximum absolute atomic E-state index is 12.7. The Bertz CT molecular complexity index is 1140. The van der Waals surface area contributed by atoms with Gasteiger partial charge >= 0.3 is 0 Å². The number of aryl methyl sites for hydroxylation is 1. The predicted octanol–water partition coefficient (Wildman–Crippen LogP) is 4.43. The number of nitrogens with one attached hydrogen (secondary N) is 1. The zero-order chi connectivity index (χ0) is 21.6. The Kier molecular flexibility index (Phi) is 6.43. The number of rotatable bonds is 7. The number of hydrogen-bond donors (Lipinski definition) is 1. The summed E-state index contributed by atoms with van der Waals surface area (Å²) in [4.78, 5) is 16.8. The Labute approximate surface area is 185 Å². The summed E-state index contributed by atoms with van der Waals surface area (Å²) in [6, 6.07) is 21.8.